The average Bonchev–Trinajstić information content (AvgIpc) is 2.07. The van der Waals surface area contributed by atoms with Crippen LogP contribution in [0.2, 0.25) is 5.02 Å². The van der Waals surface area contributed by atoms with Crippen LogP contribution in [0.3, 0.4) is 0 Å². The maximum absolute atomic E-state index is 9.50. The summed E-state index contributed by atoms with van der Waals surface area (Å²) < 4.78 is 0. The van der Waals surface area contributed by atoms with Crippen LogP contribution in [0.1, 0.15) is 0 Å². The van der Waals surface area contributed by atoms with Crippen molar-refractivity contribution in [2.45, 2.75) is 0 Å². The fourth-order valence-corrected chi connectivity index (χ4v) is 1.68. The lowest BCUT2D eigenvalue weighted by Crippen LogP contribution is -2.13. The predicted octanol–water partition coefficient (Wildman–Crippen LogP) is 2.18. The Labute approximate surface area is 89.5 Å². The topological polar surface area (TPSA) is 26.7 Å². The van der Waals surface area contributed by atoms with E-state index < -0.39 is 0 Å². The van der Waals surface area contributed by atoms with Gasteiger partial charge in [0.15, 0.2) is 0 Å². The first kappa shape index (κ1) is 11.0. The summed E-state index contributed by atoms with van der Waals surface area (Å²) in [5.41, 5.74) is 1.63. The first-order valence-corrected chi connectivity index (χ1v) is 4.68. The minimum Gasteiger partial charge on any atom is -0.508 e. The van der Waals surface area contributed by atoms with Crippen LogP contribution < -0.4 is 9.80 Å². The van der Waals surface area contributed by atoms with Gasteiger partial charge >= 0.3 is 0 Å². The molecule has 1 rings (SSSR count). The first-order chi connectivity index (χ1) is 6.43. The maximum Gasteiger partial charge on any atom is 0.119 e. The molecule has 4 heteroatoms. The molecule has 0 aliphatic rings. The fourth-order valence-electron chi connectivity index (χ4n) is 1.23. The van der Waals surface area contributed by atoms with Crippen molar-refractivity contribution >= 4 is 23.0 Å². The normalized spacial score (nSPS) is 10.1. The summed E-state index contributed by atoms with van der Waals surface area (Å²) in [5, 5.41) is 10.2. The zero-order chi connectivity index (χ0) is 10.9. The molecule has 0 aliphatic carbocycles. The Kier molecular flexibility index (Phi) is 3.11. The average molecular weight is 215 g/mol. The Morgan fingerprint density at radius 1 is 1.00 bits per heavy atom. The van der Waals surface area contributed by atoms with E-state index in [9.17, 15) is 5.11 Å². The van der Waals surface area contributed by atoms with Crippen LogP contribution in [0.25, 0.3) is 0 Å². The number of halogens is 1. The second kappa shape index (κ2) is 3.96. The molecule has 1 aromatic carbocycles. The lowest BCUT2D eigenvalue weighted by Gasteiger charge is -2.21. The Bertz CT molecular complexity index is 308. The van der Waals surface area contributed by atoms with Crippen molar-refractivity contribution in [1.29, 1.82) is 0 Å². The number of hydrogen-bond acceptors (Lipinski definition) is 3. The number of hydrogen-bond donors (Lipinski definition) is 1. The molecule has 0 aliphatic heterocycles. The monoisotopic (exact) mass is 214 g/mol. The quantitative estimate of drug-likeness (QED) is 0.818. The molecule has 0 atom stereocenters. The molecule has 0 amide bonds. The van der Waals surface area contributed by atoms with Crippen molar-refractivity contribution in [2.75, 3.05) is 38.0 Å². The Morgan fingerprint density at radius 2 is 1.36 bits per heavy atom. The van der Waals surface area contributed by atoms with Gasteiger partial charge in [-0.15, -0.1) is 0 Å². The molecule has 0 radical (unpaired) electrons. The molecule has 0 fully saturated rings. The Balaban J connectivity index is 3.32. The van der Waals surface area contributed by atoms with Crippen LogP contribution in [0.4, 0.5) is 11.4 Å². The maximum atomic E-state index is 9.50. The van der Waals surface area contributed by atoms with E-state index in [4.69, 9.17) is 11.6 Å². The standard InChI is InChI=1S/C10H15ClN2O/c1-12(2)8-5-7(14)6-9(10(8)11)13(3)4/h5-6,14H,1-4H3. The van der Waals surface area contributed by atoms with Crippen LogP contribution in [-0.4, -0.2) is 33.3 Å². The third-order valence-corrected chi connectivity index (χ3v) is 2.37. The number of benzene rings is 1. The van der Waals surface area contributed by atoms with Gasteiger partial charge in [0.25, 0.3) is 0 Å². The molecule has 0 heterocycles. The van der Waals surface area contributed by atoms with Crippen LogP contribution >= 0.6 is 11.6 Å². The van der Waals surface area contributed by atoms with E-state index in [1.807, 2.05) is 38.0 Å². The third-order valence-electron chi connectivity index (χ3n) is 1.98. The summed E-state index contributed by atoms with van der Waals surface area (Å²) >= 11 is 6.18. The number of rotatable bonds is 2. The highest BCUT2D eigenvalue weighted by Gasteiger charge is 2.11. The second-order valence-electron chi connectivity index (χ2n) is 3.59. The molecular weight excluding hydrogens is 200 g/mol. The molecule has 0 aromatic heterocycles. The van der Waals surface area contributed by atoms with Gasteiger partial charge in [0.05, 0.1) is 16.4 Å². The Hall–Kier alpha value is -1.09. The number of phenols is 1. The first-order valence-electron chi connectivity index (χ1n) is 4.30. The molecule has 0 saturated carbocycles. The zero-order valence-electron chi connectivity index (χ0n) is 8.87. The number of phenolic OH excluding ortho intramolecular Hbond substituents is 1. The highest BCUT2D eigenvalue weighted by molar-refractivity contribution is 6.36. The van der Waals surface area contributed by atoms with Crippen molar-refractivity contribution < 1.29 is 5.11 Å². The van der Waals surface area contributed by atoms with Crippen molar-refractivity contribution in [3.05, 3.63) is 17.2 Å². The van der Waals surface area contributed by atoms with Gasteiger partial charge in [0.1, 0.15) is 5.75 Å². The van der Waals surface area contributed by atoms with E-state index in [0.717, 1.165) is 11.4 Å². The van der Waals surface area contributed by atoms with E-state index in [-0.39, 0.29) is 5.75 Å². The lowest BCUT2D eigenvalue weighted by atomic mass is 10.2. The highest BCUT2D eigenvalue weighted by Crippen LogP contribution is 2.37. The van der Waals surface area contributed by atoms with Gasteiger partial charge in [-0.2, -0.15) is 0 Å². The smallest absolute Gasteiger partial charge is 0.119 e. The number of anilines is 2. The minimum absolute atomic E-state index is 0.224. The summed E-state index contributed by atoms with van der Waals surface area (Å²) in [6.45, 7) is 0. The summed E-state index contributed by atoms with van der Waals surface area (Å²) in [7, 11) is 7.56. The zero-order valence-corrected chi connectivity index (χ0v) is 9.63. The molecule has 0 saturated heterocycles. The molecule has 0 spiro atoms. The van der Waals surface area contributed by atoms with E-state index in [2.05, 4.69) is 0 Å². The largest absolute Gasteiger partial charge is 0.508 e. The molecule has 1 aromatic rings. The van der Waals surface area contributed by atoms with Gasteiger partial charge in [0, 0.05) is 40.3 Å². The van der Waals surface area contributed by atoms with Crippen LogP contribution in [0.15, 0.2) is 12.1 Å². The van der Waals surface area contributed by atoms with Crippen LogP contribution in [0, 0.1) is 0 Å². The molecule has 14 heavy (non-hydrogen) atoms. The molecule has 78 valence electrons. The van der Waals surface area contributed by atoms with Gasteiger partial charge in [-0.3, -0.25) is 0 Å². The Morgan fingerprint density at radius 3 is 1.64 bits per heavy atom. The van der Waals surface area contributed by atoms with Gasteiger partial charge < -0.3 is 14.9 Å². The van der Waals surface area contributed by atoms with E-state index in [0.29, 0.717) is 5.02 Å². The van der Waals surface area contributed by atoms with E-state index in [1.165, 1.54) is 0 Å². The third kappa shape index (κ3) is 2.04. The van der Waals surface area contributed by atoms with E-state index >= 15 is 0 Å². The summed E-state index contributed by atoms with van der Waals surface area (Å²) in [6, 6.07) is 3.30. The van der Waals surface area contributed by atoms with Crippen molar-refractivity contribution in [2.24, 2.45) is 0 Å². The molecule has 1 N–H and O–H groups in total. The number of nitrogens with zero attached hydrogens (tertiary/aromatic N) is 2. The van der Waals surface area contributed by atoms with Crippen LogP contribution in [-0.2, 0) is 0 Å². The van der Waals surface area contributed by atoms with Crippen molar-refractivity contribution in [3.8, 4) is 5.75 Å². The van der Waals surface area contributed by atoms with Gasteiger partial charge in [0.2, 0.25) is 0 Å². The predicted molar refractivity (Wildman–Crippen MR) is 61.8 cm³/mol. The second-order valence-corrected chi connectivity index (χ2v) is 3.96. The fraction of sp³-hybridized carbons (Fsp3) is 0.400. The van der Waals surface area contributed by atoms with Crippen molar-refractivity contribution in [3.63, 3.8) is 0 Å². The molecule has 0 unspecified atom stereocenters. The number of aromatic hydroxyl groups is 1. The SMILES string of the molecule is CN(C)c1cc(O)cc(N(C)C)c1Cl. The lowest BCUT2D eigenvalue weighted by molar-refractivity contribution is 0.475. The van der Waals surface area contributed by atoms with E-state index in [1.54, 1.807) is 12.1 Å². The van der Waals surface area contributed by atoms with Crippen molar-refractivity contribution in [1.82, 2.24) is 0 Å². The molecular formula is C10H15ClN2O. The van der Waals surface area contributed by atoms with Gasteiger partial charge in [-0.1, -0.05) is 11.6 Å². The van der Waals surface area contributed by atoms with Crippen LogP contribution in [0.5, 0.6) is 5.75 Å². The molecule has 3 nitrogen and oxygen atoms in total. The van der Waals surface area contributed by atoms with Gasteiger partial charge in [-0.05, 0) is 0 Å². The minimum atomic E-state index is 0.224. The summed E-state index contributed by atoms with van der Waals surface area (Å²) in [4.78, 5) is 3.74. The highest BCUT2D eigenvalue weighted by atomic mass is 35.5. The summed E-state index contributed by atoms with van der Waals surface area (Å²) in [5.74, 6) is 0.224. The van der Waals surface area contributed by atoms with Gasteiger partial charge in [-0.25, -0.2) is 0 Å². The molecule has 0 bridgehead atoms. The summed E-state index contributed by atoms with van der Waals surface area (Å²) in [6.07, 6.45) is 0.